The number of carboxylic acid groups (broad SMARTS) is 1. The summed E-state index contributed by atoms with van der Waals surface area (Å²) >= 11 is 0. The van der Waals surface area contributed by atoms with E-state index in [0.717, 1.165) is 12.8 Å². The van der Waals surface area contributed by atoms with E-state index < -0.39 is 10.9 Å². The van der Waals surface area contributed by atoms with Crippen molar-refractivity contribution in [3.05, 3.63) is 33.9 Å². The van der Waals surface area contributed by atoms with Crippen molar-refractivity contribution in [1.29, 1.82) is 0 Å². The van der Waals surface area contributed by atoms with Crippen LogP contribution in [0.2, 0.25) is 0 Å². The lowest BCUT2D eigenvalue weighted by Gasteiger charge is -2.39. The first-order valence-corrected chi connectivity index (χ1v) is 6.95. The van der Waals surface area contributed by atoms with Crippen LogP contribution in [0.3, 0.4) is 0 Å². The summed E-state index contributed by atoms with van der Waals surface area (Å²) < 4.78 is 0. The lowest BCUT2D eigenvalue weighted by Crippen LogP contribution is -2.45. The van der Waals surface area contributed by atoms with Gasteiger partial charge in [-0.25, -0.2) is 4.79 Å². The van der Waals surface area contributed by atoms with E-state index in [0.29, 0.717) is 18.5 Å². The topological polar surface area (TPSA) is 104 Å². The predicted molar refractivity (Wildman–Crippen MR) is 74.6 cm³/mol. The number of aliphatic hydroxyl groups is 1. The normalized spacial score (nSPS) is 27.7. The number of carboxylic acids is 1. The molecule has 2 bridgehead atoms. The first kappa shape index (κ1) is 13.8. The SMILES string of the molecule is O=C(O)c1ccc([N+](=O)[O-])cc1N1C2CCC1CC(O)C2. The van der Waals surface area contributed by atoms with Gasteiger partial charge in [-0.3, -0.25) is 10.1 Å². The minimum absolute atomic E-state index is 0.0545. The second kappa shape index (κ2) is 5.00. The van der Waals surface area contributed by atoms with E-state index >= 15 is 0 Å². The highest BCUT2D eigenvalue weighted by atomic mass is 16.6. The van der Waals surface area contributed by atoms with Gasteiger partial charge in [0, 0.05) is 24.2 Å². The van der Waals surface area contributed by atoms with Gasteiger partial charge in [0.15, 0.2) is 0 Å². The Labute approximate surface area is 121 Å². The molecule has 0 radical (unpaired) electrons. The lowest BCUT2D eigenvalue weighted by molar-refractivity contribution is -0.384. The van der Waals surface area contributed by atoms with Gasteiger partial charge >= 0.3 is 5.97 Å². The third-order valence-corrected chi connectivity index (χ3v) is 4.41. The lowest BCUT2D eigenvalue weighted by atomic mass is 9.97. The fraction of sp³-hybridized carbons (Fsp3) is 0.500. The van der Waals surface area contributed by atoms with Crippen molar-refractivity contribution >= 4 is 17.3 Å². The standard InChI is InChI=1S/C14H16N2O5/c17-11-5-8-1-2-9(6-11)15(8)13-7-10(16(20)21)3-4-12(13)14(18)19/h3-4,7-9,11,17H,1-2,5-6H2,(H,18,19). The number of carbonyl (C=O) groups is 1. The smallest absolute Gasteiger partial charge is 0.337 e. The van der Waals surface area contributed by atoms with Crippen LogP contribution >= 0.6 is 0 Å². The van der Waals surface area contributed by atoms with Crippen molar-refractivity contribution in [2.75, 3.05) is 4.90 Å². The first-order chi connectivity index (χ1) is 9.97. The molecule has 0 aliphatic carbocycles. The molecule has 1 aromatic carbocycles. The molecule has 1 aromatic rings. The molecule has 0 saturated carbocycles. The molecule has 2 saturated heterocycles. The molecule has 2 aliphatic rings. The molecule has 2 N–H and O–H groups in total. The van der Waals surface area contributed by atoms with Crippen LogP contribution in [0.25, 0.3) is 0 Å². The van der Waals surface area contributed by atoms with E-state index in [4.69, 9.17) is 0 Å². The summed E-state index contributed by atoms with van der Waals surface area (Å²) in [5.74, 6) is -1.09. The number of aliphatic hydroxyl groups excluding tert-OH is 1. The Morgan fingerprint density at radius 3 is 2.43 bits per heavy atom. The number of nitrogens with zero attached hydrogens (tertiary/aromatic N) is 2. The van der Waals surface area contributed by atoms with Gasteiger partial charge in [-0.1, -0.05) is 0 Å². The van der Waals surface area contributed by atoms with Gasteiger partial charge in [-0.2, -0.15) is 0 Å². The number of hydrogen-bond donors (Lipinski definition) is 2. The van der Waals surface area contributed by atoms with Crippen LogP contribution in [0.1, 0.15) is 36.0 Å². The summed E-state index contributed by atoms with van der Waals surface area (Å²) in [5, 5.41) is 30.1. The molecule has 7 nitrogen and oxygen atoms in total. The highest BCUT2D eigenvalue weighted by molar-refractivity contribution is 5.95. The zero-order valence-electron chi connectivity index (χ0n) is 11.3. The Morgan fingerprint density at radius 1 is 1.29 bits per heavy atom. The van der Waals surface area contributed by atoms with Crippen molar-refractivity contribution in [1.82, 2.24) is 0 Å². The second-order valence-corrected chi connectivity index (χ2v) is 5.68. The molecule has 2 fully saturated rings. The summed E-state index contributed by atoms with van der Waals surface area (Å²) in [6.45, 7) is 0. The van der Waals surface area contributed by atoms with Gasteiger partial charge in [0.1, 0.15) is 0 Å². The maximum absolute atomic E-state index is 11.4. The maximum atomic E-state index is 11.4. The molecular weight excluding hydrogens is 276 g/mol. The van der Waals surface area contributed by atoms with Gasteiger partial charge in [0.05, 0.1) is 22.3 Å². The summed E-state index contributed by atoms with van der Waals surface area (Å²) in [5.41, 5.74) is 0.366. The number of fused-ring (bicyclic) bond motifs is 2. The average molecular weight is 292 g/mol. The van der Waals surface area contributed by atoms with Gasteiger partial charge in [-0.15, -0.1) is 0 Å². The van der Waals surface area contributed by atoms with Gasteiger partial charge in [0.25, 0.3) is 5.69 Å². The molecule has 21 heavy (non-hydrogen) atoms. The van der Waals surface area contributed by atoms with Crippen LogP contribution < -0.4 is 4.90 Å². The van der Waals surface area contributed by atoms with Gasteiger partial charge in [-0.05, 0) is 31.7 Å². The van der Waals surface area contributed by atoms with Crippen molar-refractivity contribution in [2.45, 2.75) is 43.9 Å². The van der Waals surface area contributed by atoms with Crippen molar-refractivity contribution < 1.29 is 19.9 Å². The number of rotatable bonds is 3. The summed E-state index contributed by atoms with van der Waals surface area (Å²) in [7, 11) is 0. The van der Waals surface area contributed by atoms with E-state index in [9.17, 15) is 25.1 Å². The van der Waals surface area contributed by atoms with Gasteiger partial charge in [0.2, 0.25) is 0 Å². The zero-order valence-corrected chi connectivity index (χ0v) is 11.3. The Bertz CT molecular complexity index is 589. The van der Waals surface area contributed by atoms with E-state index in [1.807, 2.05) is 4.90 Å². The fourth-order valence-electron chi connectivity index (χ4n) is 3.57. The molecule has 0 amide bonds. The molecule has 7 heteroatoms. The number of non-ortho nitro benzene ring substituents is 1. The highest BCUT2D eigenvalue weighted by Crippen LogP contribution is 2.41. The van der Waals surface area contributed by atoms with Gasteiger partial charge < -0.3 is 15.1 Å². The van der Waals surface area contributed by atoms with E-state index in [2.05, 4.69) is 0 Å². The first-order valence-electron chi connectivity index (χ1n) is 6.95. The average Bonchev–Trinajstić information content (AvgIpc) is 2.69. The fourth-order valence-corrected chi connectivity index (χ4v) is 3.57. The number of nitro groups is 1. The zero-order chi connectivity index (χ0) is 15.1. The molecule has 2 heterocycles. The second-order valence-electron chi connectivity index (χ2n) is 5.68. The summed E-state index contributed by atoms with van der Waals surface area (Å²) in [6, 6.07) is 3.96. The van der Waals surface area contributed by atoms with Crippen molar-refractivity contribution in [2.24, 2.45) is 0 Å². The minimum atomic E-state index is -1.09. The van der Waals surface area contributed by atoms with E-state index in [1.54, 1.807) is 0 Å². The quantitative estimate of drug-likeness (QED) is 0.650. The van der Waals surface area contributed by atoms with Crippen LogP contribution in [-0.2, 0) is 0 Å². The molecule has 2 unspecified atom stereocenters. The Kier molecular flexibility index (Phi) is 3.29. The number of benzene rings is 1. The van der Waals surface area contributed by atoms with Crippen molar-refractivity contribution in [3.63, 3.8) is 0 Å². The summed E-state index contributed by atoms with van der Waals surface area (Å²) in [4.78, 5) is 23.8. The monoisotopic (exact) mass is 292 g/mol. The van der Waals surface area contributed by atoms with Crippen LogP contribution in [0.4, 0.5) is 11.4 Å². The largest absolute Gasteiger partial charge is 0.478 e. The maximum Gasteiger partial charge on any atom is 0.337 e. The number of aromatic carboxylic acids is 1. The van der Waals surface area contributed by atoms with Crippen LogP contribution in [-0.4, -0.2) is 39.3 Å². The Morgan fingerprint density at radius 2 is 1.90 bits per heavy atom. The molecule has 0 spiro atoms. The molecule has 3 rings (SSSR count). The molecule has 112 valence electrons. The molecule has 0 aromatic heterocycles. The van der Waals surface area contributed by atoms with Crippen LogP contribution in [0, 0.1) is 10.1 Å². The van der Waals surface area contributed by atoms with Crippen molar-refractivity contribution in [3.8, 4) is 0 Å². The summed E-state index contributed by atoms with van der Waals surface area (Å²) in [6.07, 6.45) is 2.55. The Balaban J connectivity index is 2.06. The van der Waals surface area contributed by atoms with Crippen LogP contribution in [0.5, 0.6) is 0 Å². The van der Waals surface area contributed by atoms with E-state index in [-0.39, 0.29) is 29.4 Å². The molecule has 2 atom stereocenters. The molecular formula is C14H16N2O5. The van der Waals surface area contributed by atoms with E-state index in [1.165, 1.54) is 18.2 Å². The number of anilines is 1. The number of piperidine rings is 1. The number of nitro benzene ring substituents is 1. The van der Waals surface area contributed by atoms with Crippen LogP contribution in [0.15, 0.2) is 18.2 Å². The molecule has 2 aliphatic heterocycles. The minimum Gasteiger partial charge on any atom is -0.478 e. The third kappa shape index (κ3) is 2.33. The number of hydrogen-bond acceptors (Lipinski definition) is 5. The Hall–Kier alpha value is -2.15. The highest BCUT2D eigenvalue weighted by Gasteiger charge is 2.41. The third-order valence-electron chi connectivity index (χ3n) is 4.41. The predicted octanol–water partition coefficient (Wildman–Crippen LogP) is 1.79.